The van der Waals surface area contributed by atoms with E-state index in [1.807, 2.05) is 0 Å². The Balaban J connectivity index is 2.49. The summed E-state index contributed by atoms with van der Waals surface area (Å²) in [5.74, 6) is 0. The Bertz CT molecular complexity index is 243. The molecule has 114 valence electrons. The average molecular weight is 269 g/mol. The van der Waals surface area contributed by atoms with Gasteiger partial charge in [0.25, 0.3) is 0 Å². The summed E-state index contributed by atoms with van der Waals surface area (Å²) in [6.07, 6.45) is 1.34. The lowest BCUT2D eigenvalue weighted by Gasteiger charge is -2.35. The first kappa shape index (κ1) is 16.9. The maximum absolute atomic E-state index is 3.67. The van der Waals surface area contributed by atoms with Crippen molar-refractivity contribution in [3.63, 3.8) is 0 Å². The third-order valence-electron chi connectivity index (χ3n) is 4.51. The van der Waals surface area contributed by atoms with Crippen molar-refractivity contribution in [3.8, 4) is 0 Å². The molecule has 1 N–H and O–H groups in total. The van der Waals surface area contributed by atoms with E-state index in [-0.39, 0.29) is 0 Å². The highest BCUT2D eigenvalue weighted by Gasteiger charge is 2.31. The minimum atomic E-state index is 0.337. The van der Waals surface area contributed by atoms with E-state index in [0.29, 0.717) is 11.5 Å². The SMILES string of the molecule is CCNC(CN1CCC(N(CC)CC)C1)C(C)(C)C. The van der Waals surface area contributed by atoms with Crippen molar-refractivity contribution in [3.05, 3.63) is 0 Å². The molecule has 0 saturated carbocycles. The molecule has 1 saturated heterocycles. The molecule has 2 atom stereocenters. The van der Waals surface area contributed by atoms with Gasteiger partial charge in [-0.15, -0.1) is 0 Å². The normalized spacial score (nSPS) is 23.2. The summed E-state index contributed by atoms with van der Waals surface area (Å²) in [5.41, 5.74) is 0.337. The van der Waals surface area contributed by atoms with Crippen LogP contribution in [-0.2, 0) is 0 Å². The Kier molecular flexibility index (Phi) is 6.78. The molecular weight excluding hydrogens is 234 g/mol. The van der Waals surface area contributed by atoms with Gasteiger partial charge in [-0.3, -0.25) is 4.90 Å². The summed E-state index contributed by atoms with van der Waals surface area (Å²) in [6.45, 7) is 20.9. The Morgan fingerprint density at radius 2 is 1.84 bits per heavy atom. The molecule has 0 bridgehead atoms. The van der Waals surface area contributed by atoms with Gasteiger partial charge in [0.1, 0.15) is 0 Å². The van der Waals surface area contributed by atoms with Crippen molar-refractivity contribution in [1.29, 1.82) is 0 Å². The predicted molar refractivity (Wildman–Crippen MR) is 84.7 cm³/mol. The van der Waals surface area contributed by atoms with Gasteiger partial charge >= 0.3 is 0 Å². The van der Waals surface area contributed by atoms with Gasteiger partial charge < -0.3 is 10.2 Å². The molecule has 0 radical (unpaired) electrons. The molecule has 0 spiro atoms. The second-order valence-electron chi connectivity index (χ2n) is 6.90. The second-order valence-corrected chi connectivity index (χ2v) is 6.90. The Morgan fingerprint density at radius 3 is 2.32 bits per heavy atom. The quantitative estimate of drug-likeness (QED) is 0.766. The lowest BCUT2D eigenvalue weighted by Crippen LogP contribution is -2.48. The molecule has 1 aliphatic rings. The summed E-state index contributed by atoms with van der Waals surface area (Å²) in [5, 5.41) is 3.67. The van der Waals surface area contributed by atoms with Crippen LogP contribution in [-0.4, -0.2) is 61.2 Å². The van der Waals surface area contributed by atoms with Crippen LogP contribution in [0.25, 0.3) is 0 Å². The van der Waals surface area contributed by atoms with E-state index in [4.69, 9.17) is 0 Å². The number of nitrogens with one attached hydrogen (secondary N) is 1. The molecule has 1 rings (SSSR count). The number of likely N-dealkylation sites (N-methyl/N-ethyl adjacent to an activating group) is 2. The monoisotopic (exact) mass is 269 g/mol. The van der Waals surface area contributed by atoms with Crippen LogP contribution in [0.3, 0.4) is 0 Å². The Hall–Kier alpha value is -0.120. The molecule has 19 heavy (non-hydrogen) atoms. The fourth-order valence-corrected chi connectivity index (χ4v) is 3.17. The number of hydrogen-bond donors (Lipinski definition) is 1. The second kappa shape index (κ2) is 7.61. The smallest absolute Gasteiger partial charge is 0.0243 e. The summed E-state index contributed by atoms with van der Waals surface area (Å²) in [4.78, 5) is 5.26. The minimum Gasteiger partial charge on any atom is -0.312 e. The molecule has 0 aromatic rings. The van der Waals surface area contributed by atoms with Gasteiger partial charge in [0, 0.05) is 25.2 Å². The average Bonchev–Trinajstić information content (AvgIpc) is 2.78. The number of nitrogens with zero attached hydrogens (tertiary/aromatic N) is 2. The summed E-state index contributed by atoms with van der Waals surface area (Å²) in [6, 6.07) is 1.37. The third kappa shape index (κ3) is 5.05. The van der Waals surface area contributed by atoms with Crippen molar-refractivity contribution < 1.29 is 0 Å². The molecule has 1 fully saturated rings. The largest absolute Gasteiger partial charge is 0.312 e. The zero-order valence-electron chi connectivity index (χ0n) is 14.0. The van der Waals surface area contributed by atoms with E-state index in [9.17, 15) is 0 Å². The fraction of sp³-hybridized carbons (Fsp3) is 1.00. The molecule has 1 aliphatic heterocycles. The first-order valence-corrected chi connectivity index (χ1v) is 8.12. The summed E-state index contributed by atoms with van der Waals surface area (Å²) in [7, 11) is 0. The van der Waals surface area contributed by atoms with Crippen LogP contribution >= 0.6 is 0 Å². The van der Waals surface area contributed by atoms with Crippen LogP contribution in [0.15, 0.2) is 0 Å². The topological polar surface area (TPSA) is 18.5 Å². The standard InChI is InChI=1S/C16H35N3/c1-7-17-15(16(4,5)6)13-18-11-10-14(12-18)19(8-2)9-3/h14-15,17H,7-13H2,1-6H3. The number of hydrogen-bond acceptors (Lipinski definition) is 3. The molecule has 3 nitrogen and oxygen atoms in total. The molecule has 1 heterocycles. The highest BCUT2D eigenvalue weighted by atomic mass is 15.3. The van der Waals surface area contributed by atoms with E-state index >= 15 is 0 Å². The molecule has 2 unspecified atom stereocenters. The van der Waals surface area contributed by atoms with Gasteiger partial charge in [0.15, 0.2) is 0 Å². The highest BCUT2D eigenvalue weighted by Crippen LogP contribution is 2.23. The lowest BCUT2D eigenvalue weighted by molar-refractivity contribution is 0.174. The summed E-state index contributed by atoms with van der Waals surface area (Å²) >= 11 is 0. The van der Waals surface area contributed by atoms with Crippen molar-refractivity contribution in [2.75, 3.05) is 39.3 Å². The van der Waals surface area contributed by atoms with Crippen LogP contribution in [0, 0.1) is 5.41 Å². The molecule has 0 amide bonds. The van der Waals surface area contributed by atoms with E-state index in [0.717, 1.165) is 12.6 Å². The zero-order chi connectivity index (χ0) is 14.5. The van der Waals surface area contributed by atoms with Gasteiger partial charge in [-0.05, 0) is 38.0 Å². The van der Waals surface area contributed by atoms with Gasteiger partial charge in [0.05, 0.1) is 0 Å². The van der Waals surface area contributed by atoms with Crippen LogP contribution in [0.4, 0.5) is 0 Å². The van der Waals surface area contributed by atoms with Gasteiger partial charge in [0.2, 0.25) is 0 Å². The minimum absolute atomic E-state index is 0.337. The van der Waals surface area contributed by atoms with Crippen molar-refractivity contribution in [1.82, 2.24) is 15.1 Å². The molecule has 3 heteroatoms. The van der Waals surface area contributed by atoms with Crippen LogP contribution < -0.4 is 5.32 Å². The van der Waals surface area contributed by atoms with E-state index in [1.54, 1.807) is 0 Å². The van der Waals surface area contributed by atoms with E-state index < -0.39 is 0 Å². The van der Waals surface area contributed by atoms with Crippen molar-refractivity contribution in [2.24, 2.45) is 5.41 Å². The van der Waals surface area contributed by atoms with Crippen molar-refractivity contribution >= 4 is 0 Å². The van der Waals surface area contributed by atoms with E-state index in [1.165, 1.54) is 39.1 Å². The molecule has 0 aromatic carbocycles. The summed E-state index contributed by atoms with van der Waals surface area (Å²) < 4.78 is 0. The first-order chi connectivity index (χ1) is 8.92. The van der Waals surface area contributed by atoms with E-state index in [2.05, 4.69) is 56.7 Å². The zero-order valence-corrected chi connectivity index (χ0v) is 14.0. The van der Waals surface area contributed by atoms with Gasteiger partial charge in [-0.1, -0.05) is 41.5 Å². The highest BCUT2D eigenvalue weighted by molar-refractivity contribution is 4.88. The maximum Gasteiger partial charge on any atom is 0.0243 e. The van der Waals surface area contributed by atoms with Crippen LogP contribution in [0.5, 0.6) is 0 Å². The predicted octanol–water partition coefficient (Wildman–Crippen LogP) is 2.43. The molecule has 0 aliphatic carbocycles. The third-order valence-corrected chi connectivity index (χ3v) is 4.51. The maximum atomic E-state index is 3.67. The number of likely N-dealkylation sites (tertiary alicyclic amines) is 1. The number of rotatable bonds is 7. The van der Waals surface area contributed by atoms with Crippen molar-refractivity contribution in [2.45, 2.75) is 60.0 Å². The fourth-order valence-electron chi connectivity index (χ4n) is 3.17. The molecular formula is C16H35N3. The van der Waals surface area contributed by atoms with Crippen LogP contribution in [0.2, 0.25) is 0 Å². The van der Waals surface area contributed by atoms with Crippen LogP contribution in [0.1, 0.15) is 48.0 Å². The van der Waals surface area contributed by atoms with Gasteiger partial charge in [-0.25, -0.2) is 0 Å². The Labute approximate surface area is 120 Å². The Morgan fingerprint density at radius 1 is 1.21 bits per heavy atom. The first-order valence-electron chi connectivity index (χ1n) is 8.12. The van der Waals surface area contributed by atoms with Gasteiger partial charge in [-0.2, -0.15) is 0 Å². The molecule has 0 aromatic heterocycles. The lowest BCUT2D eigenvalue weighted by atomic mass is 9.86.